The summed E-state index contributed by atoms with van der Waals surface area (Å²) in [6.45, 7) is 2.50. The van der Waals surface area contributed by atoms with E-state index in [2.05, 4.69) is 15.8 Å². The van der Waals surface area contributed by atoms with Crippen LogP contribution in [0.5, 0.6) is 0 Å². The van der Waals surface area contributed by atoms with Crippen molar-refractivity contribution in [1.29, 1.82) is 0 Å². The van der Waals surface area contributed by atoms with Crippen LogP contribution in [0, 0.1) is 0 Å². The number of rotatable bonds is 5. The van der Waals surface area contributed by atoms with Gasteiger partial charge in [-0.15, -0.1) is 0 Å². The maximum absolute atomic E-state index is 12.2. The number of hydrogen-bond acceptors (Lipinski definition) is 4. The third-order valence-electron chi connectivity index (χ3n) is 3.09. The Labute approximate surface area is 117 Å². The lowest BCUT2D eigenvalue weighted by atomic mass is 10.1. The molecule has 6 heteroatoms. The number of nitrogen functional groups attached to an aromatic ring is 1. The van der Waals surface area contributed by atoms with Gasteiger partial charge in [0.05, 0.1) is 16.9 Å². The van der Waals surface area contributed by atoms with Crippen LogP contribution in [0.2, 0.25) is 0 Å². The molecule has 2 rings (SSSR count). The van der Waals surface area contributed by atoms with Crippen molar-refractivity contribution in [2.75, 3.05) is 5.43 Å². The predicted molar refractivity (Wildman–Crippen MR) is 78.0 cm³/mol. The fraction of sp³-hybridized carbons (Fsp3) is 0.286. The molecule has 0 spiro atoms. The zero-order chi connectivity index (χ0) is 14.5. The molecule has 0 saturated heterocycles. The first-order valence-electron chi connectivity index (χ1n) is 6.51. The molecule has 1 aromatic carbocycles. The summed E-state index contributed by atoms with van der Waals surface area (Å²) in [6.07, 6.45) is 2.76. The molecule has 1 amide bonds. The molecule has 106 valence electrons. The molecule has 0 radical (unpaired) electrons. The first kappa shape index (κ1) is 14.1. The molecule has 0 saturated carbocycles. The average molecular weight is 273 g/mol. The van der Waals surface area contributed by atoms with Crippen molar-refractivity contribution in [3.63, 3.8) is 0 Å². The van der Waals surface area contributed by atoms with Gasteiger partial charge in [0.1, 0.15) is 0 Å². The third kappa shape index (κ3) is 2.97. The van der Waals surface area contributed by atoms with Crippen molar-refractivity contribution >= 4 is 11.6 Å². The zero-order valence-corrected chi connectivity index (χ0v) is 11.7. The minimum atomic E-state index is -0.163. The van der Waals surface area contributed by atoms with Crippen molar-refractivity contribution in [2.45, 2.75) is 19.9 Å². The van der Waals surface area contributed by atoms with Gasteiger partial charge in [-0.2, -0.15) is 5.10 Å². The molecule has 6 nitrogen and oxygen atoms in total. The van der Waals surface area contributed by atoms with Crippen molar-refractivity contribution in [3.05, 3.63) is 47.3 Å². The van der Waals surface area contributed by atoms with Gasteiger partial charge in [0.15, 0.2) is 0 Å². The molecule has 2 aromatic rings. The van der Waals surface area contributed by atoms with Crippen LogP contribution >= 0.6 is 0 Å². The van der Waals surface area contributed by atoms with Gasteiger partial charge in [0, 0.05) is 25.4 Å². The van der Waals surface area contributed by atoms with Crippen LogP contribution in [0.15, 0.2) is 30.5 Å². The predicted octanol–water partition coefficient (Wildman–Crippen LogP) is 1.20. The number of carbonyl (C=O) groups is 1. The highest BCUT2D eigenvalue weighted by molar-refractivity contribution is 5.99. The normalized spacial score (nSPS) is 10.3. The largest absolute Gasteiger partial charge is 0.348 e. The third-order valence-corrected chi connectivity index (χ3v) is 3.09. The number of anilines is 1. The van der Waals surface area contributed by atoms with Gasteiger partial charge in [-0.25, -0.2) is 0 Å². The van der Waals surface area contributed by atoms with E-state index in [-0.39, 0.29) is 5.91 Å². The Morgan fingerprint density at radius 1 is 1.40 bits per heavy atom. The molecule has 0 aliphatic rings. The summed E-state index contributed by atoms with van der Waals surface area (Å²) in [4.78, 5) is 12.2. The van der Waals surface area contributed by atoms with Crippen molar-refractivity contribution in [1.82, 2.24) is 15.1 Å². The number of nitrogens with one attached hydrogen (secondary N) is 2. The lowest BCUT2D eigenvalue weighted by molar-refractivity contribution is 0.0951. The van der Waals surface area contributed by atoms with Gasteiger partial charge in [-0.3, -0.25) is 15.3 Å². The van der Waals surface area contributed by atoms with E-state index in [4.69, 9.17) is 5.84 Å². The van der Waals surface area contributed by atoms with Gasteiger partial charge >= 0.3 is 0 Å². The number of carbonyl (C=O) groups excluding carboxylic acids is 1. The van der Waals surface area contributed by atoms with Crippen molar-refractivity contribution in [2.24, 2.45) is 12.9 Å². The molecule has 0 aliphatic carbocycles. The Hall–Kier alpha value is -2.34. The van der Waals surface area contributed by atoms with Crippen molar-refractivity contribution < 1.29 is 4.79 Å². The number of hydrogen-bond donors (Lipinski definition) is 3. The summed E-state index contributed by atoms with van der Waals surface area (Å²) in [7, 11) is 1.87. The second-order valence-electron chi connectivity index (χ2n) is 4.50. The Kier molecular flexibility index (Phi) is 4.37. The minimum absolute atomic E-state index is 0.163. The van der Waals surface area contributed by atoms with Gasteiger partial charge in [-0.1, -0.05) is 19.1 Å². The SMILES string of the molecule is CCc1nn(C)cc1CNC(=O)c1ccccc1NN. The average Bonchev–Trinajstić information content (AvgIpc) is 2.84. The standard InChI is InChI=1S/C14H19N5O/c1-3-12-10(9-19(2)18-12)8-16-14(20)11-6-4-5-7-13(11)17-15/h4-7,9,17H,3,8,15H2,1-2H3,(H,16,20). The number of amides is 1. The molecular formula is C14H19N5O. The van der Waals surface area contributed by atoms with Crippen LogP contribution < -0.4 is 16.6 Å². The van der Waals surface area contributed by atoms with Crippen LogP contribution in [0.4, 0.5) is 5.69 Å². The van der Waals surface area contributed by atoms with Crippen LogP contribution in [0.1, 0.15) is 28.5 Å². The number of para-hydroxylation sites is 1. The van der Waals surface area contributed by atoms with Gasteiger partial charge in [0.2, 0.25) is 0 Å². The molecular weight excluding hydrogens is 254 g/mol. The second-order valence-corrected chi connectivity index (χ2v) is 4.50. The fourth-order valence-electron chi connectivity index (χ4n) is 2.11. The van der Waals surface area contributed by atoms with Gasteiger partial charge < -0.3 is 10.7 Å². The highest BCUT2D eigenvalue weighted by atomic mass is 16.1. The van der Waals surface area contributed by atoms with Crippen molar-refractivity contribution in [3.8, 4) is 0 Å². The van der Waals surface area contributed by atoms with Gasteiger partial charge in [0.25, 0.3) is 5.91 Å². The molecule has 0 aliphatic heterocycles. The molecule has 1 heterocycles. The Morgan fingerprint density at radius 3 is 2.85 bits per heavy atom. The van der Waals surface area contributed by atoms with Crippen LogP contribution in [0.3, 0.4) is 0 Å². The number of benzene rings is 1. The molecule has 0 fully saturated rings. The highest BCUT2D eigenvalue weighted by Crippen LogP contribution is 2.14. The second kappa shape index (κ2) is 6.21. The van der Waals surface area contributed by atoms with E-state index >= 15 is 0 Å². The van der Waals surface area contributed by atoms with Crippen LogP contribution in [-0.2, 0) is 20.0 Å². The summed E-state index contributed by atoms with van der Waals surface area (Å²) in [5, 5.41) is 7.24. The fourth-order valence-corrected chi connectivity index (χ4v) is 2.11. The molecule has 1 aromatic heterocycles. The van der Waals surface area contributed by atoms with E-state index in [1.54, 1.807) is 22.9 Å². The topological polar surface area (TPSA) is 85.0 Å². The maximum Gasteiger partial charge on any atom is 0.253 e. The Bertz CT molecular complexity index is 605. The van der Waals surface area contributed by atoms with E-state index in [1.165, 1.54) is 0 Å². The summed E-state index contributed by atoms with van der Waals surface area (Å²) in [5.41, 5.74) is 5.68. The summed E-state index contributed by atoms with van der Waals surface area (Å²) in [6, 6.07) is 7.12. The van der Waals surface area contributed by atoms with E-state index in [0.29, 0.717) is 17.8 Å². The summed E-state index contributed by atoms with van der Waals surface area (Å²) in [5.74, 6) is 5.24. The zero-order valence-electron chi connectivity index (χ0n) is 11.7. The van der Waals surface area contributed by atoms with Crippen LogP contribution in [-0.4, -0.2) is 15.7 Å². The van der Waals surface area contributed by atoms with Crippen LogP contribution in [0.25, 0.3) is 0 Å². The first-order valence-corrected chi connectivity index (χ1v) is 6.51. The van der Waals surface area contributed by atoms with E-state index in [1.807, 2.05) is 26.2 Å². The Balaban J connectivity index is 2.08. The minimum Gasteiger partial charge on any atom is -0.348 e. The maximum atomic E-state index is 12.2. The summed E-state index contributed by atoms with van der Waals surface area (Å²) < 4.78 is 1.76. The van der Waals surface area contributed by atoms with E-state index in [9.17, 15) is 4.79 Å². The molecule has 4 N–H and O–H groups in total. The number of aromatic nitrogens is 2. The number of hydrazine groups is 1. The number of nitrogens with two attached hydrogens (primary N) is 1. The van der Waals surface area contributed by atoms with E-state index in [0.717, 1.165) is 17.7 Å². The smallest absolute Gasteiger partial charge is 0.253 e. The first-order chi connectivity index (χ1) is 9.65. The number of nitrogens with zero attached hydrogens (tertiary/aromatic N) is 2. The molecule has 0 unspecified atom stereocenters. The molecule has 0 atom stereocenters. The lowest BCUT2D eigenvalue weighted by Crippen LogP contribution is -2.25. The number of aryl methyl sites for hydroxylation is 2. The Morgan fingerprint density at radius 2 is 2.15 bits per heavy atom. The quantitative estimate of drug-likeness (QED) is 0.564. The lowest BCUT2D eigenvalue weighted by Gasteiger charge is -2.09. The summed E-state index contributed by atoms with van der Waals surface area (Å²) >= 11 is 0. The highest BCUT2D eigenvalue weighted by Gasteiger charge is 2.12. The monoisotopic (exact) mass is 273 g/mol. The molecule has 20 heavy (non-hydrogen) atoms. The van der Waals surface area contributed by atoms with E-state index < -0.39 is 0 Å². The van der Waals surface area contributed by atoms with Gasteiger partial charge in [-0.05, 0) is 18.6 Å². The molecule has 0 bridgehead atoms.